The van der Waals surface area contributed by atoms with Crippen LogP contribution < -0.4 is 15.1 Å². The summed E-state index contributed by atoms with van der Waals surface area (Å²) >= 11 is 1.79. The predicted molar refractivity (Wildman–Crippen MR) is 92.1 cm³/mol. The van der Waals surface area contributed by atoms with Crippen LogP contribution >= 0.6 is 11.8 Å². The second-order valence-electron chi connectivity index (χ2n) is 5.89. The molecule has 0 unspecified atom stereocenters. The molecule has 2 heterocycles. The van der Waals surface area contributed by atoms with E-state index in [-0.39, 0.29) is 24.0 Å². The van der Waals surface area contributed by atoms with E-state index in [4.69, 9.17) is 4.74 Å². The monoisotopic (exact) mass is 357 g/mol. The Kier molecular flexibility index (Phi) is 5.45. The van der Waals surface area contributed by atoms with Crippen molar-refractivity contribution in [2.75, 3.05) is 54.5 Å². The topological polar surface area (TPSA) is 44.8 Å². The first kappa shape index (κ1) is 17.3. The Balaban J connectivity index is 1.83. The fourth-order valence-electron chi connectivity index (χ4n) is 3.05. The number of nitrogens with zero attached hydrogens (tertiary/aromatic N) is 2. The molecular weight excluding hydrogens is 336 g/mol. The highest BCUT2D eigenvalue weighted by atomic mass is 32.2. The SMILES string of the molecule is CNC[C@H]1CN(c2cc(F)c(N3CCCSCC3)c(F)c2)C(=O)O1. The molecule has 3 rings (SSSR count). The maximum Gasteiger partial charge on any atom is 0.414 e. The quantitative estimate of drug-likeness (QED) is 0.897. The van der Waals surface area contributed by atoms with E-state index in [9.17, 15) is 13.6 Å². The van der Waals surface area contributed by atoms with Gasteiger partial charge in [-0.05, 0) is 19.2 Å². The van der Waals surface area contributed by atoms with Gasteiger partial charge in [0.25, 0.3) is 0 Å². The molecule has 24 heavy (non-hydrogen) atoms. The largest absolute Gasteiger partial charge is 0.443 e. The Morgan fingerprint density at radius 2 is 2.04 bits per heavy atom. The molecule has 0 saturated carbocycles. The molecule has 5 nitrogen and oxygen atoms in total. The smallest absolute Gasteiger partial charge is 0.414 e. The minimum absolute atomic E-state index is 0.000546. The number of carbonyl (C=O) groups excluding carboxylic acids is 1. The highest BCUT2D eigenvalue weighted by molar-refractivity contribution is 7.99. The van der Waals surface area contributed by atoms with Crippen LogP contribution in [0.25, 0.3) is 0 Å². The molecule has 2 aliphatic heterocycles. The lowest BCUT2D eigenvalue weighted by Crippen LogP contribution is -2.30. The van der Waals surface area contributed by atoms with E-state index in [1.165, 1.54) is 17.0 Å². The predicted octanol–water partition coefficient (Wildman–Crippen LogP) is 2.45. The Bertz CT molecular complexity index is 586. The van der Waals surface area contributed by atoms with E-state index >= 15 is 0 Å². The van der Waals surface area contributed by atoms with Crippen LogP contribution in [0.15, 0.2) is 12.1 Å². The zero-order valence-electron chi connectivity index (χ0n) is 13.6. The van der Waals surface area contributed by atoms with Gasteiger partial charge in [0.2, 0.25) is 0 Å². The molecule has 2 saturated heterocycles. The molecule has 1 amide bonds. The number of benzene rings is 1. The van der Waals surface area contributed by atoms with Crippen molar-refractivity contribution >= 4 is 29.2 Å². The standard InChI is InChI=1S/C16H21F2N3O2S/c1-19-9-12-10-21(16(22)23-12)11-7-13(17)15(14(18)8-11)20-3-2-5-24-6-4-20/h7-8,12,19H,2-6,9-10H2,1H3/t12-/m0/s1. The van der Waals surface area contributed by atoms with Crippen molar-refractivity contribution in [2.45, 2.75) is 12.5 Å². The lowest BCUT2D eigenvalue weighted by molar-refractivity contribution is 0.141. The normalized spacial score (nSPS) is 21.8. The summed E-state index contributed by atoms with van der Waals surface area (Å²) in [7, 11) is 1.75. The van der Waals surface area contributed by atoms with Gasteiger partial charge in [-0.15, -0.1) is 0 Å². The third-order valence-corrected chi connectivity index (χ3v) is 5.21. The number of thioether (sulfide) groups is 1. The first-order chi connectivity index (χ1) is 11.6. The van der Waals surface area contributed by atoms with Crippen LogP contribution in [0.3, 0.4) is 0 Å². The number of nitrogens with one attached hydrogen (secondary N) is 1. The molecule has 1 atom stereocenters. The number of likely N-dealkylation sites (N-methyl/N-ethyl adjacent to an activating group) is 1. The van der Waals surface area contributed by atoms with Crippen LogP contribution in [0.5, 0.6) is 0 Å². The van der Waals surface area contributed by atoms with Crippen LogP contribution in [0, 0.1) is 11.6 Å². The first-order valence-corrected chi connectivity index (χ1v) is 9.20. The average molecular weight is 357 g/mol. The molecule has 8 heteroatoms. The van der Waals surface area contributed by atoms with Crippen molar-refractivity contribution in [3.63, 3.8) is 0 Å². The van der Waals surface area contributed by atoms with Crippen molar-refractivity contribution in [1.29, 1.82) is 0 Å². The molecule has 0 radical (unpaired) electrons. The van der Waals surface area contributed by atoms with Crippen LogP contribution in [0.2, 0.25) is 0 Å². The second-order valence-corrected chi connectivity index (χ2v) is 7.11. The third kappa shape index (κ3) is 3.59. The highest BCUT2D eigenvalue weighted by Gasteiger charge is 2.33. The molecule has 132 valence electrons. The van der Waals surface area contributed by atoms with Crippen molar-refractivity contribution in [1.82, 2.24) is 5.32 Å². The van der Waals surface area contributed by atoms with E-state index in [1.54, 1.807) is 23.7 Å². The van der Waals surface area contributed by atoms with Gasteiger partial charge in [0.05, 0.1) is 12.2 Å². The zero-order chi connectivity index (χ0) is 17.1. The molecule has 1 aromatic carbocycles. The van der Waals surface area contributed by atoms with Gasteiger partial charge in [0, 0.05) is 37.5 Å². The van der Waals surface area contributed by atoms with E-state index < -0.39 is 17.7 Å². The molecule has 0 bridgehead atoms. The maximum absolute atomic E-state index is 14.6. The average Bonchev–Trinajstić information content (AvgIpc) is 2.73. The molecule has 2 fully saturated rings. The van der Waals surface area contributed by atoms with Crippen LogP contribution in [-0.4, -0.2) is 56.9 Å². The van der Waals surface area contributed by atoms with Crippen molar-refractivity contribution in [3.05, 3.63) is 23.8 Å². The summed E-state index contributed by atoms with van der Waals surface area (Å²) in [5, 5.41) is 2.92. The molecular formula is C16H21F2N3O2S. The van der Waals surface area contributed by atoms with E-state index in [0.717, 1.165) is 17.9 Å². The fraction of sp³-hybridized carbons (Fsp3) is 0.562. The van der Waals surface area contributed by atoms with Gasteiger partial charge in [-0.1, -0.05) is 0 Å². The minimum Gasteiger partial charge on any atom is -0.443 e. The molecule has 0 aromatic heterocycles. The molecule has 1 N–H and O–H groups in total. The molecule has 0 spiro atoms. The van der Waals surface area contributed by atoms with Crippen molar-refractivity contribution < 1.29 is 18.3 Å². The molecule has 0 aliphatic carbocycles. The Morgan fingerprint density at radius 1 is 1.29 bits per heavy atom. The van der Waals surface area contributed by atoms with Gasteiger partial charge in [-0.25, -0.2) is 13.6 Å². The number of carbonyl (C=O) groups is 1. The van der Waals surface area contributed by atoms with Gasteiger partial charge >= 0.3 is 6.09 Å². The van der Waals surface area contributed by atoms with E-state index in [0.29, 0.717) is 19.6 Å². The van der Waals surface area contributed by atoms with Crippen LogP contribution in [0.1, 0.15) is 6.42 Å². The summed E-state index contributed by atoms with van der Waals surface area (Å²) in [4.78, 5) is 15.0. The second kappa shape index (κ2) is 7.57. The Labute approximate surface area is 144 Å². The number of amides is 1. The third-order valence-electron chi connectivity index (χ3n) is 4.16. The summed E-state index contributed by atoms with van der Waals surface area (Å²) in [6.45, 7) is 2.03. The van der Waals surface area contributed by atoms with Gasteiger partial charge in [0.1, 0.15) is 11.8 Å². The Hall–Kier alpha value is -1.54. The van der Waals surface area contributed by atoms with Gasteiger partial charge < -0.3 is 15.0 Å². The number of hydrogen-bond donors (Lipinski definition) is 1. The fourth-order valence-corrected chi connectivity index (χ4v) is 3.93. The summed E-state index contributed by atoms with van der Waals surface area (Å²) < 4.78 is 34.3. The Morgan fingerprint density at radius 3 is 2.75 bits per heavy atom. The zero-order valence-corrected chi connectivity index (χ0v) is 14.4. The lowest BCUT2D eigenvalue weighted by Gasteiger charge is -2.24. The number of halogens is 2. The number of cyclic esters (lactones) is 1. The van der Waals surface area contributed by atoms with Gasteiger partial charge in [-0.2, -0.15) is 11.8 Å². The van der Waals surface area contributed by atoms with Crippen molar-refractivity contribution in [2.24, 2.45) is 0 Å². The molecule has 2 aliphatic rings. The summed E-state index contributed by atoms with van der Waals surface area (Å²) in [6.07, 6.45) is -0.000903. The summed E-state index contributed by atoms with van der Waals surface area (Å²) in [6, 6.07) is 2.44. The minimum atomic E-state index is -0.637. The first-order valence-electron chi connectivity index (χ1n) is 8.04. The van der Waals surface area contributed by atoms with Gasteiger partial charge in [0.15, 0.2) is 11.6 Å². The van der Waals surface area contributed by atoms with Crippen LogP contribution in [-0.2, 0) is 4.74 Å². The maximum atomic E-state index is 14.6. The number of anilines is 2. The number of hydrogen-bond acceptors (Lipinski definition) is 5. The van der Waals surface area contributed by atoms with E-state index in [2.05, 4.69) is 5.32 Å². The summed E-state index contributed by atoms with van der Waals surface area (Å²) in [5.74, 6) is 0.582. The number of ether oxygens (including phenoxy) is 1. The van der Waals surface area contributed by atoms with E-state index in [1.807, 2.05) is 0 Å². The summed E-state index contributed by atoms with van der Waals surface area (Å²) in [5.41, 5.74) is 0.196. The lowest BCUT2D eigenvalue weighted by atomic mass is 10.2. The highest BCUT2D eigenvalue weighted by Crippen LogP contribution is 2.31. The number of rotatable bonds is 4. The van der Waals surface area contributed by atoms with Crippen LogP contribution in [0.4, 0.5) is 25.0 Å². The van der Waals surface area contributed by atoms with Gasteiger partial charge in [-0.3, -0.25) is 4.90 Å². The van der Waals surface area contributed by atoms with Crippen molar-refractivity contribution in [3.8, 4) is 0 Å². The molecule has 1 aromatic rings.